The van der Waals surface area contributed by atoms with Crippen LogP contribution in [0.25, 0.3) is 0 Å². The molecule has 0 bridgehead atoms. The lowest BCUT2D eigenvalue weighted by atomic mass is 9.84. The van der Waals surface area contributed by atoms with Crippen LogP contribution in [0.3, 0.4) is 0 Å². The summed E-state index contributed by atoms with van der Waals surface area (Å²) in [5, 5.41) is 6.25. The highest BCUT2D eigenvalue weighted by atomic mass is 19.1. The lowest BCUT2D eigenvalue weighted by Crippen LogP contribution is -2.52. The molecule has 7 heteroatoms. The molecule has 146 valence electrons. The standard InChI is InChI=1S/C20H25F2N3O2/c21-13-5-6-15(16(22)10-13)20(27)25-17-4-2-1-3-12(17)9-18(25)19(26)24-14-7-8-23-11-14/h5-6,10,12,14,17-18,23H,1-4,7-9,11H2,(H,24,26). The predicted octanol–water partition coefficient (Wildman–Crippen LogP) is 2.22. The van der Waals surface area contributed by atoms with Gasteiger partial charge in [-0.15, -0.1) is 0 Å². The molecule has 3 aliphatic rings. The van der Waals surface area contributed by atoms with Crippen molar-refractivity contribution in [1.29, 1.82) is 0 Å². The number of halogens is 2. The molecule has 1 aromatic carbocycles. The van der Waals surface area contributed by atoms with Crippen LogP contribution >= 0.6 is 0 Å². The zero-order chi connectivity index (χ0) is 19.0. The normalized spacial score (nSPS) is 30.2. The second-order valence-corrected chi connectivity index (χ2v) is 7.90. The third-order valence-electron chi connectivity index (χ3n) is 6.19. The van der Waals surface area contributed by atoms with Crippen LogP contribution in [0.2, 0.25) is 0 Å². The summed E-state index contributed by atoms with van der Waals surface area (Å²) in [6.07, 6.45) is 5.38. The van der Waals surface area contributed by atoms with Gasteiger partial charge in [-0.2, -0.15) is 0 Å². The third kappa shape index (κ3) is 3.57. The molecule has 1 saturated carbocycles. The van der Waals surface area contributed by atoms with Gasteiger partial charge in [0.05, 0.1) is 5.56 Å². The maximum atomic E-state index is 14.2. The number of carbonyl (C=O) groups is 2. The molecule has 5 nitrogen and oxygen atoms in total. The van der Waals surface area contributed by atoms with E-state index in [1.165, 1.54) is 6.07 Å². The topological polar surface area (TPSA) is 61.4 Å². The average molecular weight is 377 g/mol. The number of hydrogen-bond donors (Lipinski definition) is 2. The second-order valence-electron chi connectivity index (χ2n) is 7.90. The lowest BCUT2D eigenvalue weighted by molar-refractivity contribution is -0.125. The van der Waals surface area contributed by atoms with Gasteiger partial charge < -0.3 is 15.5 Å². The fourth-order valence-corrected chi connectivity index (χ4v) is 4.86. The van der Waals surface area contributed by atoms with E-state index in [4.69, 9.17) is 0 Å². The monoisotopic (exact) mass is 377 g/mol. The Morgan fingerprint density at radius 3 is 2.70 bits per heavy atom. The van der Waals surface area contributed by atoms with Crippen molar-refractivity contribution in [2.45, 2.75) is 56.7 Å². The van der Waals surface area contributed by atoms with Crippen molar-refractivity contribution in [3.63, 3.8) is 0 Å². The molecular formula is C20H25F2N3O2. The summed E-state index contributed by atoms with van der Waals surface area (Å²) < 4.78 is 27.5. The van der Waals surface area contributed by atoms with Crippen LogP contribution in [-0.2, 0) is 4.79 Å². The van der Waals surface area contributed by atoms with Crippen LogP contribution in [0.15, 0.2) is 18.2 Å². The molecule has 1 aliphatic carbocycles. The summed E-state index contributed by atoms with van der Waals surface area (Å²) in [7, 11) is 0. The van der Waals surface area contributed by atoms with Crippen LogP contribution in [-0.4, -0.2) is 47.9 Å². The van der Waals surface area contributed by atoms with Gasteiger partial charge in [-0.05, 0) is 50.3 Å². The molecule has 0 aromatic heterocycles. The summed E-state index contributed by atoms with van der Waals surface area (Å²) in [4.78, 5) is 27.7. The first-order valence-electron chi connectivity index (χ1n) is 9.83. The number of benzene rings is 1. The molecular weight excluding hydrogens is 352 g/mol. The van der Waals surface area contributed by atoms with Crippen molar-refractivity contribution in [1.82, 2.24) is 15.5 Å². The number of hydrogen-bond acceptors (Lipinski definition) is 3. The molecule has 27 heavy (non-hydrogen) atoms. The highest BCUT2D eigenvalue weighted by molar-refractivity contribution is 5.98. The molecule has 4 unspecified atom stereocenters. The minimum atomic E-state index is -0.876. The second kappa shape index (κ2) is 7.54. The van der Waals surface area contributed by atoms with Crippen LogP contribution in [0.4, 0.5) is 8.78 Å². The van der Waals surface area contributed by atoms with E-state index >= 15 is 0 Å². The molecule has 2 aliphatic heterocycles. The van der Waals surface area contributed by atoms with Crippen LogP contribution in [0.1, 0.15) is 48.9 Å². The van der Waals surface area contributed by atoms with E-state index in [0.717, 1.165) is 57.3 Å². The number of rotatable bonds is 3. The predicted molar refractivity (Wildman–Crippen MR) is 96.1 cm³/mol. The smallest absolute Gasteiger partial charge is 0.257 e. The number of likely N-dealkylation sites (tertiary alicyclic amines) is 1. The van der Waals surface area contributed by atoms with E-state index in [9.17, 15) is 18.4 Å². The van der Waals surface area contributed by atoms with Gasteiger partial charge in [0, 0.05) is 24.7 Å². The summed E-state index contributed by atoms with van der Waals surface area (Å²) in [6.45, 7) is 1.59. The largest absolute Gasteiger partial charge is 0.350 e. The fourth-order valence-electron chi connectivity index (χ4n) is 4.86. The first kappa shape index (κ1) is 18.3. The number of fused-ring (bicyclic) bond motifs is 1. The highest BCUT2D eigenvalue weighted by Gasteiger charge is 2.48. The Labute approximate surface area is 157 Å². The van der Waals surface area contributed by atoms with Gasteiger partial charge in [-0.25, -0.2) is 8.78 Å². The summed E-state index contributed by atoms with van der Waals surface area (Å²) in [5.74, 6) is -1.99. The highest BCUT2D eigenvalue weighted by Crippen LogP contribution is 2.40. The van der Waals surface area contributed by atoms with E-state index in [1.54, 1.807) is 4.90 Å². The van der Waals surface area contributed by atoms with Gasteiger partial charge in [-0.3, -0.25) is 9.59 Å². The van der Waals surface area contributed by atoms with E-state index in [2.05, 4.69) is 10.6 Å². The van der Waals surface area contributed by atoms with E-state index in [1.807, 2.05) is 0 Å². The first-order valence-corrected chi connectivity index (χ1v) is 9.83. The van der Waals surface area contributed by atoms with Gasteiger partial charge in [0.2, 0.25) is 5.91 Å². The molecule has 2 N–H and O–H groups in total. The van der Waals surface area contributed by atoms with Crippen molar-refractivity contribution in [3.05, 3.63) is 35.4 Å². The van der Waals surface area contributed by atoms with Crippen molar-refractivity contribution in [2.24, 2.45) is 5.92 Å². The lowest BCUT2D eigenvalue weighted by Gasteiger charge is -2.34. The maximum absolute atomic E-state index is 14.2. The average Bonchev–Trinajstić information content (AvgIpc) is 3.28. The Bertz CT molecular complexity index is 736. The quantitative estimate of drug-likeness (QED) is 0.849. The zero-order valence-electron chi connectivity index (χ0n) is 15.2. The molecule has 0 radical (unpaired) electrons. The van der Waals surface area contributed by atoms with Crippen molar-refractivity contribution in [2.75, 3.05) is 13.1 Å². The first-order chi connectivity index (χ1) is 13.0. The van der Waals surface area contributed by atoms with Crippen LogP contribution in [0.5, 0.6) is 0 Å². The minimum Gasteiger partial charge on any atom is -0.350 e. The summed E-state index contributed by atoms with van der Waals surface area (Å²) >= 11 is 0. The number of nitrogens with one attached hydrogen (secondary N) is 2. The summed E-state index contributed by atoms with van der Waals surface area (Å²) in [5.41, 5.74) is -0.164. The zero-order valence-corrected chi connectivity index (χ0v) is 15.2. The fraction of sp³-hybridized carbons (Fsp3) is 0.600. The third-order valence-corrected chi connectivity index (χ3v) is 6.19. The molecule has 4 rings (SSSR count). The van der Waals surface area contributed by atoms with Gasteiger partial charge in [0.15, 0.2) is 0 Å². The van der Waals surface area contributed by atoms with Crippen molar-refractivity contribution in [3.8, 4) is 0 Å². The Morgan fingerprint density at radius 1 is 1.15 bits per heavy atom. The Balaban J connectivity index is 1.60. The minimum absolute atomic E-state index is 0.0480. The van der Waals surface area contributed by atoms with Crippen LogP contribution in [0, 0.1) is 17.6 Å². The molecule has 2 amide bonds. The SMILES string of the molecule is O=C(NC1CCNC1)C1CC2CCCCC2N1C(=O)c1ccc(F)cc1F. The Morgan fingerprint density at radius 2 is 1.96 bits per heavy atom. The molecule has 3 fully saturated rings. The molecule has 2 saturated heterocycles. The van der Waals surface area contributed by atoms with Gasteiger partial charge in [-0.1, -0.05) is 12.8 Å². The summed E-state index contributed by atoms with van der Waals surface area (Å²) in [6, 6.07) is 2.42. The molecule has 0 spiro atoms. The molecule has 2 heterocycles. The van der Waals surface area contributed by atoms with Crippen molar-refractivity contribution >= 4 is 11.8 Å². The van der Waals surface area contributed by atoms with Gasteiger partial charge >= 0.3 is 0 Å². The van der Waals surface area contributed by atoms with Crippen molar-refractivity contribution < 1.29 is 18.4 Å². The number of amides is 2. The number of carbonyl (C=O) groups excluding carboxylic acids is 2. The van der Waals surface area contributed by atoms with Gasteiger partial charge in [0.1, 0.15) is 17.7 Å². The Kier molecular flexibility index (Phi) is 5.12. The maximum Gasteiger partial charge on any atom is 0.257 e. The number of nitrogens with zero attached hydrogens (tertiary/aromatic N) is 1. The van der Waals surface area contributed by atoms with Gasteiger partial charge in [0.25, 0.3) is 5.91 Å². The Hall–Kier alpha value is -2.02. The van der Waals surface area contributed by atoms with E-state index < -0.39 is 23.6 Å². The molecule has 1 aromatic rings. The molecule has 4 atom stereocenters. The van der Waals surface area contributed by atoms with E-state index in [-0.39, 0.29) is 29.5 Å². The van der Waals surface area contributed by atoms with Crippen LogP contribution < -0.4 is 10.6 Å². The van der Waals surface area contributed by atoms with E-state index in [0.29, 0.717) is 6.42 Å².